The van der Waals surface area contributed by atoms with Crippen LogP contribution in [-0.4, -0.2) is 98.9 Å². The van der Waals surface area contributed by atoms with Crippen LogP contribution in [-0.2, 0) is 4.79 Å². The quantitative estimate of drug-likeness (QED) is 0.169. The van der Waals surface area contributed by atoms with Crippen LogP contribution in [0.25, 0.3) is 11.3 Å². The molecule has 0 unspecified atom stereocenters. The van der Waals surface area contributed by atoms with Gasteiger partial charge in [0, 0.05) is 81.5 Å². The number of anilines is 5. The molecule has 228 valence electrons. The molecule has 2 heterocycles. The van der Waals surface area contributed by atoms with Gasteiger partial charge in [0.05, 0.1) is 22.8 Å². The molecule has 1 aliphatic heterocycles. The molecule has 4 N–H and O–H groups in total. The van der Waals surface area contributed by atoms with E-state index in [1.165, 1.54) is 18.6 Å². The van der Waals surface area contributed by atoms with Crippen molar-refractivity contribution in [2.45, 2.75) is 6.61 Å². The molecule has 13 heteroatoms. The number of carbonyl (C=O) groups is 1. The summed E-state index contributed by atoms with van der Waals surface area (Å²) in [6.07, 6.45) is 3.77. The minimum atomic E-state index is -3.07. The maximum atomic E-state index is 13.6. The molecule has 11 nitrogen and oxygen atoms in total. The van der Waals surface area contributed by atoms with Crippen molar-refractivity contribution in [3.05, 3.63) is 60.9 Å². The average molecular weight is 594 g/mol. The highest BCUT2D eigenvalue weighted by molar-refractivity contribution is 6.02. The van der Waals surface area contributed by atoms with E-state index in [0.717, 1.165) is 49.1 Å². The number of benzene rings is 2. The molecule has 0 aliphatic carbocycles. The molecule has 1 fully saturated rings. The highest BCUT2D eigenvalue weighted by Gasteiger charge is 2.23. The number of likely N-dealkylation sites (N-methyl/N-ethyl adjacent to an activating group) is 1. The minimum Gasteiger partial charge on any atom is -0.433 e. The number of hydrogen-bond donors (Lipinski definition) is 4. The zero-order valence-corrected chi connectivity index (χ0v) is 24.5. The summed E-state index contributed by atoms with van der Waals surface area (Å²) < 4.78 is 32.1. The standard InChI is InChI=1S/C30H37F2N9O2/c1-5-29(42)38-24-15-25(37-28-16-23(35-19-36-28)20-6-7-21(18-33)22(14-20)34-2)27(43-30(31)32)17-26(24)41-12-10-40(11-13-41)9-8-39(3)4/h5-7,14-19,30,33-34H,1,8-13H2,2-4H3,(H,38,42)(H,35,36,37). The number of alkyl halides is 2. The third kappa shape index (κ3) is 8.23. The van der Waals surface area contributed by atoms with Crippen molar-refractivity contribution in [3.8, 4) is 17.0 Å². The number of piperazine rings is 1. The maximum absolute atomic E-state index is 13.6. The van der Waals surface area contributed by atoms with Crippen LogP contribution in [0.15, 0.2) is 55.4 Å². The van der Waals surface area contributed by atoms with Crippen LogP contribution in [0.2, 0.25) is 0 Å². The van der Waals surface area contributed by atoms with E-state index in [0.29, 0.717) is 36.0 Å². The third-order valence-electron chi connectivity index (χ3n) is 7.04. The molecule has 43 heavy (non-hydrogen) atoms. The smallest absolute Gasteiger partial charge is 0.387 e. The van der Waals surface area contributed by atoms with Crippen LogP contribution in [0, 0.1) is 5.41 Å². The Balaban J connectivity index is 1.66. The second-order valence-electron chi connectivity index (χ2n) is 10.2. The van der Waals surface area contributed by atoms with E-state index in [-0.39, 0.29) is 11.4 Å². The van der Waals surface area contributed by atoms with Crippen LogP contribution in [0.4, 0.5) is 37.3 Å². The summed E-state index contributed by atoms with van der Waals surface area (Å²) in [5.41, 5.74) is 3.99. The summed E-state index contributed by atoms with van der Waals surface area (Å²) in [6, 6.07) is 10.2. The lowest BCUT2D eigenvalue weighted by Crippen LogP contribution is -2.48. The molecule has 1 saturated heterocycles. The molecule has 0 radical (unpaired) electrons. The summed E-state index contributed by atoms with van der Waals surface area (Å²) in [5, 5.41) is 16.5. The van der Waals surface area contributed by atoms with Crippen molar-refractivity contribution in [2.24, 2.45) is 0 Å². The second-order valence-corrected chi connectivity index (χ2v) is 10.2. The SMILES string of the molecule is C=CC(=O)Nc1cc(Nc2cc(-c3ccc(C=N)c(NC)c3)ncn2)c(OC(F)F)cc1N1CCN(CCN(C)C)CC1. The van der Waals surface area contributed by atoms with Crippen molar-refractivity contribution < 1.29 is 18.3 Å². The summed E-state index contributed by atoms with van der Waals surface area (Å²) in [7, 11) is 5.83. The number of ether oxygens (including phenoxy) is 1. The zero-order valence-electron chi connectivity index (χ0n) is 24.5. The van der Waals surface area contributed by atoms with Gasteiger partial charge in [0.2, 0.25) is 5.91 Å². The highest BCUT2D eigenvalue weighted by Crippen LogP contribution is 2.40. The zero-order chi connectivity index (χ0) is 30.9. The van der Waals surface area contributed by atoms with E-state index in [2.05, 4.69) is 42.3 Å². The van der Waals surface area contributed by atoms with Gasteiger partial charge in [0.15, 0.2) is 5.75 Å². The van der Waals surface area contributed by atoms with E-state index >= 15 is 0 Å². The maximum Gasteiger partial charge on any atom is 0.387 e. The molecule has 2 aromatic carbocycles. The van der Waals surface area contributed by atoms with Crippen LogP contribution in [0.1, 0.15) is 5.56 Å². The number of nitrogens with one attached hydrogen (secondary N) is 4. The lowest BCUT2D eigenvalue weighted by molar-refractivity contribution is -0.111. The molecule has 0 saturated carbocycles. The van der Waals surface area contributed by atoms with Crippen LogP contribution in [0.5, 0.6) is 5.75 Å². The Morgan fingerprint density at radius 2 is 1.88 bits per heavy atom. The fourth-order valence-electron chi connectivity index (χ4n) is 4.74. The second kappa shape index (κ2) is 14.5. The highest BCUT2D eigenvalue weighted by atomic mass is 19.3. The first-order chi connectivity index (χ1) is 20.7. The van der Waals surface area contributed by atoms with Gasteiger partial charge in [-0.15, -0.1) is 0 Å². The Bertz CT molecular complexity index is 1440. The van der Waals surface area contributed by atoms with E-state index in [9.17, 15) is 13.6 Å². The summed E-state index contributed by atoms with van der Waals surface area (Å²) in [6.45, 7) is 5.19. The Labute approximate surface area is 250 Å². The monoisotopic (exact) mass is 593 g/mol. The molecule has 1 amide bonds. The first-order valence-corrected chi connectivity index (χ1v) is 13.8. The number of hydrogen-bond acceptors (Lipinski definition) is 10. The van der Waals surface area contributed by atoms with Crippen molar-refractivity contribution >= 4 is 40.7 Å². The van der Waals surface area contributed by atoms with Gasteiger partial charge in [-0.3, -0.25) is 9.69 Å². The van der Waals surface area contributed by atoms with Crippen LogP contribution >= 0.6 is 0 Å². The lowest BCUT2D eigenvalue weighted by Gasteiger charge is -2.37. The van der Waals surface area contributed by atoms with Gasteiger partial charge in [0.1, 0.15) is 12.1 Å². The summed E-state index contributed by atoms with van der Waals surface area (Å²) in [5.74, 6) is -0.198. The molecular formula is C30H37F2N9O2. The molecule has 4 rings (SSSR count). The molecule has 0 spiro atoms. The van der Waals surface area contributed by atoms with Gasteiger partial charge < -0.3 is 35.9 Å². The first kappa shape index (κ1) is 31.3. The van der Waals surface area contributed by atoms with Crippen LogP contribution in [0.3, 0.4) is 0 Å². The Kier molecular flexibility index (Phi) is 10.6. The average Bonchev–Trinajstić information content (AvgIpc) is 3.01. The van der Waals surface area contributed by atoms with E-state index in [1.54, 1.807) is 25.2 Å². The first-order valence-electron chi connectivity index (χ1n) is 13.8. The van der Waals surface area contributed by atoms with Crippen LogP contribution < -0.4 is 25.6 Å². The minimum absolute atomic E-state index is 0.0930. The Morgan fingerprint density at radius 1 is 1.12 bits per heavy atom. The predicted molar refractivity (Wildman–Crippen MR) is 167 cm³/mol. The molecule has 1 aliphatic rings. The van der Waals surface area contributed by atoms with Gasteiger partial charge in [-0.25, -0.2) is 9.97 Å². The fraction of sp³-hybridized carbons (Fsp3) is 0.333. The van der Waals surface area contributed by atoms with Crippen molar-refractivity contribution in [3.63, 3.8) is 0 Å². The molecular weight excluding hydrogens is 556 g/mol. The Morgan fingerprint density at radius 3 is 2.53 bits per heavy atom. The molecule has 3 aromatic rings. The normalized spacial score (nSPS) is 13.6. The van der Waals surface area contributed by atoms with Gasteiger partial charge in [-0.1, -0.05) is 18.7 Å². The lowest BCUT2D eigenvalue weighted by atomic mass is 10.1. The molecule has 0 bridgehead atoms. The summed E-state index contributed by atoms with van der Waals surface area (Å²) >= 11 is 0. The molecule has 0 atom stereocenters. The number of carbonyl (C=O) groups excluding carboxylic acids is 1. The van der Waals surface area contributed by atoms with E-state index < -0.39 is 12.5 Å². The fourth-order valence-corrected chi connectivity index (χ4v) is 4.74. The number of halogens is 2. The third-order valence-corrected chi connectivity index (χ3v) is 7.04. The van der Waals surface area contributed by atoms with Gasteiger partial charge in [-0.2, -0.15) is 8.78 Å². The topological polar surface area (TPSA) is 122 Å². The number of rotatable bonds is 13. The molecule has 1 aromatic heterocycles. The van der Waals surface area contributed by atoms with Crippen molar-refractivity contribution in [1.29, 1.82) is 5.41 Å². The van der Waals surface area contributed by atoms with Gasteiger partial charge >= 0.3 is 6.61 Å². The summed E-state index contributed by atoms with van der Waals surface area (Å²) in [4.78, 5) is 27.5. The predicted octanol–water partition coefficient (Wildman–Crippen LogP) is 4.34. The van der Waals surface area contributed by atoms with Crippen molar-refractivity contribution in [1.82, 2.24) is 19.8 Å². The number of amides is 1. The van der Waals surface area contributed by atoms with E-state index in [1.807, 2.05) is 31.1 Å². The largest absolute Gasteiger partial charge is 0.433 e. The van der Waals surface area contributed by atoms with Crippen molar-refractivity contribution in [2.75, 3.05) is 81.3 Å². The number of aromatic nitrogens is 2. The Hall–Kier alpha value is -4.62. The number of nitrogens with zero attached hydrogens (tertiary/aromatic N) is 5. The van der Waals surface area contributed by atoms with Gasteiger partial charge in [0.25, 0.3) is 0 Å². The van der Waals surface area contributed by atoms with E-state index in [4.69, 9.17) is 10.1 Å². The van der Waals surface area contributed by atoms with Gasteiger partial charge in [-0.05, 0) is 32.3 Å².